The van der Waals surface area contributed by atoms with Crippen LogP contribution < -0.4 is 0 Å². The number of carboxylic acids is 2. The summed E-state index contributed by atoms with van der Waals surface area (Å²) in [5.74, 6) is -1.92. The van der Waals surface area contributed by atoms with Gasteiger partial charge in [-0.2, -0.15) is 0 Å². The van der Waals surface area contributed by atoms with Gasteiger partial charge in [-0.15, -0.1) is 0 Å². The minimum Gasteiger partial charge on any atom is -0.479 e. The molecule has 0 aliphatic rings. The largest absolute Gasteiger partial charge is 0.479 e. The van der Waals surface area contributed by atoms with Gasteiger partial charge in [-0.3, -0.25) is 0 Å². The van der Waals surface area contributed by atoms with Crippen molar-refractivity contribution in [2.75, 3.05) is 0 Å². The molecular formula is C52H102O5. The number of carboxylic acid groups (broad SMARTS) is 2. The van der Waals surface area contributed by atoms with Crippen molar-refractivity contribution in [3.63, 3.8) is 0 Å². The predicted molar refractivity (Wildman–Crippen MR) is 250 cm³/mol. The molecule has 0 rings (SSSR count). The van der Waals surface area contributed by atoms with Crippen molar-refractivity contribution in [3.05, 3.63) is 12.2 Å². The lowest BCUT2D eigenvalue weighted by atomic mass is 10.0. The fraction of sp³-hybridized carbons (Fsp3) is 0.923. The van der Waals surface area contributed by atoms with E-state index < -0.39 is 18.0 Å². The number of rotatable bonds is 47. The molecule has 0 aromatic heterocycles. The van der Waals surface area contributed by atoms with Crippen molar-refractivity contribution in [1.82, 2.24) is 0 Å². The van der Waals surface area contributed by atoms with E-state index in [2.05, 4.69) is 13.8 Å². The number of hydrogen-bond acceptors (Lipinski definition) is 3. The maximum Gasteiger partial charge on any atom is 0.332 e. The standard InChI is InChI=1S/C26H52O3.C26H50O2/c1-2-3-4-5-6-7-8-9-10-11-12-13-14-15-16-17-18-19-20-21-22-23-24-25(27)26(28)29;1-2-3-4-5-6-7-8-9-10-11-12-13-14-15-16-17-18-19-20-21-22-23-24-25-26(27)28/h25,27H,2-24H2,1H3,(H,28,29);24-25H,2-23H2,1H3,(H,27,28). The van der Waals surface area contributed by atoms with Gasteiger partial charge in [0.25, 0.3) is 0 Å². The van der Waals surface area contributed by atoms with Gasteiger partial charge in [0.15, 0.2) is 6.10 Å². The van der Waals surface area contributed by atoms with Gasteiger partial charge in [0.1, 0.15) is 0 Å². The van der Waals surface area contributed by atoms with E-state index in [0.717, 1.165) is 25.7 Å². The molecule has 0 saturated carbocycles. The Kier molecular flexibility index (Phi) is 53.3. The van der Waals surface area contributed by atoms with Gasteiger partial charge in [0.05, 0.1) is 0 Å². The Labute approximate surface area is 356 Å². The van der Waals surface area contributed by atoms with Gasteiger partial charge in [0, 0.05) is 6.08 Å². The molecule has 1 atom stereocenters. The zero-order valence-corrected chi connectivity index (χ0v) is 38.7. The first kappa shape index (κ1) is 57.7. The molecule has 340 valence electrons. The molecule has 3 N–H and O–H groups in total. The van der Waals surface area contributed by atoms with Crippen LogP contribution >= 0.6 is 0 Å². The maximum atomic E-state index is 10.5. The molecule has 0 amide bonds. The van der Waals surface area contributed by atoms with Crippen molar-refractivity contribution in [2.24, 2.45) is 0 Å². The molecule has 57 heavy (non-hydrogen) atoms. The summed E-state index contributed by atoms with van der Waals surface area (Å²) in [4.78, 5) is 20.8. The Morgan fingerprint density at radius 1 is 0.351 bits per heavy atom. The van der Waals surface area contributed by atoms with Crippen LogP contribution in [0.25, 0.3) is 0 Å². The highest BCUT2D eigenvalue weighted by atomic mass is 16.4. The Bertz CT molecular complexity index is 795. The first-order valence-electron chi connectivity index (χ1n) is 25.8. The van der Waals surface area contributed by atoms with Crippen LogP contribution in [0.4, 0.5) is 0 Å². The first-order chi connectivity index (χ1) is 28.0. The van der Waals surface area contributed by atoms with Gasteiger partial charge in [-0.1, -0.05) is 290 Å². The van der Waals surface area contributed by atoms with Gasteiger partial charge in [0.2, 0.25) is 0 Å². The predicted octanol–water partition coefficient (Wildman–Crippen LogP) is 17.7. The van der Waals surface area contributed by atoms with Crippen LogP contribution in [0.5, 0.6) is 0 Å². The minimum absolute atomic E-state index is 0.397. The second-order valence-corrected chi connectivity index (χ2v) is 17.7. The Morgan fingerprint density at radius 3 is 0.772 bits per heavy atom. The fourth-order valence-electron chi connectivity index (χ4n) is 7.95. The van der Waals surface area contributed by atoms with Crippen LogP contribution in [-0.4, -0.2) is 33.4 Å². The number of aliphatic hydroxyl groups is 1. The lowest BCUT2D eigenvalue weighted by Crippen LogP contribution is -2.18. The molecule has 0 aliphatic heterocycles. The number of allylic oxidation sites excluding steroid dienone is 1. The van der Waals surface area contributed by atoms with Crippen molar-refractivity contribution < 1.29 is 24.9 Å². The molecule has 0 spiro atoms. The zero-order chi connectivity index (χ0) is 42.0. The molecule has 0 fully saturated rings. The van der Waals surface area contributed by atoms with E-state index in [1.165, 1.54) is 263 Å². The average Bonchev–Trinajstić information content (AvgIpc) is 3.20. The van der Waals surface area contributed by atoms with Crippen molar-refractivity contribution in [2.45, 2.75) is 309 Å². The van der Waals surface area contributed by atoms with Gasteiger partial charge < -0.3 is 15.3 Å². The number of unbranched alkanes of at least 4 members (excludes halogenated alkanes) is 42. The van der Waals surface area contributed by atoms with Crippen molar-refractivity contribution >= 4 is 11.9 Å². The third-order valence-electron chi connectivity index (χ3n) is 11.9. The number of aliphatic carboxylic acids is 2. The van der Waals surface area contributed by atoms with E-state index in [1.54, 1.807) is 6.08 Å². The van der Waals surface area contributed by atoms with Crippen molar-refractivity contribution in [3.8, 4) is 0 Å². The van der Waals surface area contributed by atoms with Crippen LogP contribution in [0, 0.1) is 0 Å². The second kappa shape index (κ2) is 52.7. The third-order valence-corrected chi connectivity index (χ3v) is 11.9. The minimum atomic E-state index is -1.17. The smallest absolute Gasteiger partial charge is 0.332 e. The molecule has 0 aliphatic carbocycles. The van der Waals surface area contributed by atoms with E-state index in [9.17, 15) is 14.7 Å². The highest BCUT2D eigenvalue weighted by molar-refractivity contribution is 5.79. The van der Waals surface area contributed by atoms with Crippen LogP contribution in [-0.2, 0) is 9.59 Å². The quantitative estimate of drug-likeness (QED) is 0.0420. The monoisotopic (exact) mass is 807 g/mol. The molecule has 0 aromatic carbocycles. The summed E-state index contributed by atoms with van der Waals surface area (Å²) in [6.07, 6.45) is 62.4. The number of carbonyl (C=O) groups is 2. The molecule has 0 aromatic rings. The molecule has 0 radical (unpaired) electrons. The molecular weight excluding hydrogens is 705 g/mol. The summed E-state index contributed by atoms with van der Waals surface area (Å²) in [7, 11) is 0. The summed E-state index contributed by atoms with van der Waals surface area (Å²) in [6.45, 7) is 4.57. The summed E-state index contributed by atoms with van der Waals surface area (Å²) in [6, 6.07) is 0. The third kappa shape index (κ3) is 56.8. The van der Waals surface area contributed by atoms with Crippen LogP contribution in [0.1, 0.15) is 303 Å². The molecule has 0 bridgehead atoms. The molecule has 1 unspecified atom stereocenters. The Hall–Kier alpha value is -1.36. The van der Waals surface area contributed by atoms with Crippen LogP contribution in [0.3, 0.4) is 0 Å². The van der Waals surface area contributed by atoms with Gasteiger partial charge in [-0.05, 0) is 19.3 Å². The highest BCUT2D eigenvalue weighted by Crippen LogP contribution is 2.17. The summed E-state index contributed by atoms with van der Waals surface area (Å²) in [5, 5.41) is 26.3. The summed E-state index contributed by atoms with van der Waals surface area (Å²) < 4.78 is 0. The summed E-state index contributed by atoms with van der Waals surface area (Å²) >= 11 is 0. The highest BCUT2D eigenvalue weighted by Gasteiger charge is 2.11. The maximum absolute atomic E-state index is 10.5. The molecule has 0 heterocycles. The van der Waals surface area contributed by atoms with E-state index >= 15 is 0 Å². The zero-order valence-electron chi connectivity index (χ0n) is 38.7. The van der Waals surface area contributed by atoms with Crippen LogP contribution in [0.2, 0.25) is 0 Å². The lowest BCUT2D eigenvalue weighted by molar-refractivity contribution is -0.147. The Morgan fingerprint density at radius 2 is 0.561 bits per heavy atom. The van der Waals surface area contributed by atoms with E-state index in [-0.39, 0.29) is 0 Å². The topological polar surface area (TPSA) is 94.8 Å². The lowest BCUT2D eigenvalue weighted by Gasteiger charge is -2.05. The Balaban J connectivity index is 0. The van der Waals surface area contributed by atoms with Gasteiger partial charge in [-0.25, -0.2) is 9.59 Å². The van der Waals surface area contributed by atoms with E-state index in [4.69, 9.17) is 10.2 Å². The first-order valence-corrected chi connectivity index (χ1v) is 25.8. The summed E-state index contributed by atoms with van der Waals surface area (Å²) in [5.41, 5.74) is 0. The second-order valence-electron chi connectivity index (χ2n) is 17.7. The van der Waals surface area contributed by atoms with E-state index in [0.29, 0.717) is 6.42 Å². The normalized spacial score (nSPS) is 11.9. The number of hydrogen-bond donors (Lipinski definition) is 3. The van der Waals surface area contributed by atoms with Crippen LogP contribution in [0.15, 0.2) is 12.2 Å². The number of aliphatic hydroxyl groups excluding tert-OH is 1. The SMILES string of the molecule is CCCCCCCCCCCCCCCCCCCCCCCC=CC(=O)O.CCCCCCCCCCCCCCCCCCCCCCCCC(O)C(=O)O. The average molecular weight is 807 g/mol. The molecule has 5 heteroatoms. The van der Waals surface area contributed by atoms with Crippen molar-refractivity contribution in [1.29, 1.82) is 0 Å². The molecule has 0 saturated heterocycles. The fourth-order valence-corrected chi connectivity index (χ4v) is 7.95. The van der Waals surface area contributed by atoms with E-state index in [1.807, 2.05) is 0 Å². The van der Waals surface area contributed by atoms with Gasteiger partial charge >= 0.3 is 11.9 Å². The molecule has 5 nitrogen and oxygen atoms in total.